The van der Waals surface area contributed by atoms with Crippen molar-refractivity contribution in [1.29, 1.82) is 0 Å². The number of sulfonamides is 1. The van der Waals surface area contributed by atoms with Gasteiger partial charge in [0.2, 0.25) is 0 Å². The van der Waals surface area contributed by atoms with Crippen molar-refractivity contribution in [2.24, 2.45) is 0 Å². The SMILES string of the molecule is CNC(=O)c1cccc(NS(=O)(=O)c2ccccc2[N+](=O)[O-])c1. The third-order valence-electron chi connectivity index (χ3n) is 2.96. The molecule has 0 aromatic heterocycles. The lowest BCUT2D eigenvalue weighted by atomic mass is 10.2. The number of para-hydroxylation sites is 1. The van der Waals surface area contributed by atoms with Crippen LogP contribution in [0.4, 0.5) is 11.4 Å². The second-order valence-electron chi connectivity index (χ2n) is 4.49. The number of nitrogens with one attached hydrogen (secondary N) is 2. The summed E-state index contributed by atoms with van der Waals surface area (Å²) in [5.41, 5.74) is -0.137. The van der Waals surface area contributed by atoms with Crippen molar-refractivity contribution in [2.45, 2.75) is 4.90 Å². The minimum Gasteiger partial charge on any atom is -0.355 e. The number of nitrogens with zero attached hydrogens (tertiary/aromatic N) is 1. The summed E-state index contributed by atoms with van der Waals surface area (Å²) < 4.78 is 27.0. The van der Waals surface area contributed by atoms with Gasteiger partial charge in [0.25, 0.3) is 21.6 Å². The zero-order chi connectivity index (χ0) is 17.0. The molecule has 0 fully saturated rings. The van der Waals surface area contributed by atoms with Crippen LogP contribution >= 0.6 is 0 Å². The molecule has 2 aromatic carbocycles. The average molecular weight is 335 g/mol. The van der Waals surface area contributed by atoms with Gasteiger partial charge < -0.3 is 5.32 Å². The summed E-state index contributed by atoms with van der Waals surface area (Å²) in [6.45, 7) is 0. The van der Waals surface area contributed by atoms with Gasteiger partial charge in [-0.1, -0.05) is 18.2 Å². The van der Waals surface area contributed by atoms with Crippen molar-refractivity contribution in [3.63, 3.8) is 0 Å². The van der Waals surface area contributed by atoms with E-state index in [9.17, 15) is 23.3 Å². The van der Waals surface area contributed by atoms with E-state index < -0.39 is 25.5 Å². The van der Waals surface area contributed by atoms with E-state index in [1.807, 2.05) is 0 Å². The van der Waals surface area contributed by atoms with E-state index in [0.717, 1.165) is 12.1 Å². The van der Waals surface area contributed by atoms with Gasteiger partial charge in [0.1, 0.15) is 0 Å². The molecule has 8 nitrogen and oxygen atoms in total. The summed E-state index contributed by atoms with van der Waals surface area (Å²) in [6.07, 6.45) is 0. The van der Waals surface area contributed by atoms with E-state index in [1.165, 1.54) is 43.4 Å². The first-order valence-corrected chi connectivity index (χ1v) is 7.92. The van der Waals surface area contributed by atoms with Crippen molar-refractivity contribution in [3.8, 4) is 0 Å². The van der Waals surface area contributed by atoms with Crippen molar-refractivity contribution in [1.82, 2.24) is 5.32 Å². The number of carbonyl (C=O) groups is 1. The molecule has 0 heterocycles. The smallest absolute Gasteiger partial charge is 0.289 e. The second-order valence-corrected chi connectivity index (χ2v) is 6.14. The van der Waals surface area contributed by atoms with Crippen LogP contribution in [-0.4, -0.2) is 26.3 Å². The number of benzene rings is 2. The average Bonchev–Trinajstić information content (AvgIpc) is 2.54. The van der Waals surface area contributed by atoms with E-state index in [-0.39, 0.29) is 17.2 Å². The second kappa shape index (κ2) is 6.44. The Hall–Kier alpha value is -2.94. The fourth-order valence-corrected chi connectivity index (χ4v) is 3.14. The molecule has 0 unspecified atom stereocenters. The topological polar surface area (TPSA) is 118 Å². The Bertz CT molecular complexity index is 864. The number of rotatable bonds is 5. The van der Waals surface area contributed by atoms with Gasteiger partial charge in [0.15, 0.2) is 4.90 Å². The van der Waals surface area contributed by atoms with Crippen LogP contribution < -0.4 is 10.0 Å². The molecule has 0 aliphatic rings. The third-order valence-corrected chi connectivity index (χ3v) is 4.38. The molecule has 0 atom stereocenters. The number of hydrogen-bond donors (Lipinski definition) is 2. The van der Waals surface area contributed by atoms with E-state index in [4.69, 9.17) is 0 Å². The predicted molar refractivity (Wildman–Crippen MR) is 83.7 cm³/mol. The van der Waals surface area contributed by atoms with Crippen molar-refractivity contribution >= 4 is 27.3 Å². The van der Waals surface area contributed by atoms with Crippen LogP contribution in [0, 0.1) is 10.1 Å². The van der Waals surface area contributed by atoms with Gasteiger partial charge in [-0.15, -0.1) is 0 Å². The van der Waals surface area contributed by atoms with Gasteiger partial charge in [-0.05, 0) is 24.3 Å². The highest BCUT2D eigenvalue weighted by Gasteiger charge is 2.25. The summed E-state index contributed by atoms with van der Waals surface area (Å²) in [7, 11) is -2.71. The summed E-state index contributed by atoms with van der Waals surface area (Å²) in [5, 5.41) is 13.4. The minimum absolute atomic E-state index is 0.129. The van der Waals surface area contributed by atoms with E-state index >= 15 is 0 Å². The van der Waals surface area contributed by atoms with Crippen LogP contribution in [0.2, 0.25) is 0 Å². The Kier molecular flexibility index (Phi) is 4.60. The number of amides is 1. The molecule has 120 valence electrons. The fourth-order valence-electron chi connectivity index (χ4n) is 1.91. The first-order valence-electron chi connectivity index (χ1n) is 6.43. The van der Waals surface area contributed by atoms with Crippen molar-refractivity contribution in [2.75, 3.05) is 11.8 Å². The molecular weight excluding hydrogens is 322 g/mol. The highest BCUT2D eigenvalue weighted by molar-refractivity contribution is 7.92. The van der Waals surface area contributed by atoms with Gasteiger partial charge in [0.05, 0.1) is 4.92 Å². The lowest BCUT2D eigenvalue weighted by Crippen LogP contribution is -2.19. The van der Waals surface area contributed by atoms with Crippen molar-refractivity contribution < 1.29 is 18.1 Å². The number of nitro groups is 1. The summed E-state index contributed by atoms with van der Waals surface area (Å²) in [4.78, 5) is 21.3. The van der Waals surface area contributed by atoms with Crippen LogP contribution in [0.15, 0.2) is 53.4 Å². The molecule has 23 heavy (non-hydrogen) atoms. The summed E-state index contributed by atoms with van der Waals surface area (Å²) in [6, 6.07) is 10.8. The molecule has 0 aliphatic carbocycles. The van der Waals surface area contributed by atoms with E-state index in [2.05, 4.69) is 10.0 Å². The molecule has 0 bridgehead atoms. The van der Waals surface area contributed by atoms with Gasteiger partial charge in [0, 0.05) is 24.4 Å². The Morgan fingerprint density at radius 3 is 2.48 bits per heavy atom. The number of anilines is 1. The lowest BCUT2D eigenvalue weighted by Gasteiger charge is -2.09. The number of hydrogen-bond acceptors (Lipinski definition) is 5. The monoisotopic (exact) mass is 335 g/mol. The molecule has 0 spiro atoms. The van der Waals surface area contributed by atoms with Crippen molar-refractivity contribution in [3.05, 3.63) is 64.2 Å². The van der Waals surface area contributed by atoms with Gasteiger partial charge in [-0.2, -0.15) is 0 Å². The molecule has 2 aromatic rings. The Morgan fingerprint density at radius 1 is 1.13 bits per heavy atom. The maximum atomic E-state index is 12.4. The zero-order valence-corrected chi connectivity index (χ0v) is 12.8. The van der Waals surface area contributed by atoms with Crippen LogP contribution in [0.25, 0.3) is 0 Å². The molecule has 0 saturated carbocycles. The standard InChI is InChI=1S/C14H13N3O5S/c1-15-14(18)10-5-4-6-11(9-10)16-23(21,22)13-8-3-2-7-12(13)17(19)20/h2-9,16H,1H3,(H,15,18). The molecule has 2 N–H and O–H groups in total. The Labute approximate surface area is 132 Å². The molecule has 0 saturated heterocycles. The molecule has 1 amide bonds. The highest BCUT2D eigenvalue weighted by Crippen LogP contribution is 2.25. The maximum absolute atomic E-state index is 12.4. The highest BCUT2D eigenvalue weighted by atomic mass is 32.2. The molecule has 0 radical (unpaired) electrons. The number of carbonyl (C=O) groups excluding carboxylic acids is 1. The summed E-state index contributed by atoms with van der Waals surface area (Å²) in [5.74, 6) is -0.378. The quantitative estimate of drug-likeness (QED) is 0.637. The fraction of sp³-hybridized carbons (Fsp3) is 0.0714. The molecule has 9 heteroatoms. The minimum atomic E-state index is -4.16. The maximum Gasteiger partial charge on any atom is 0.289 e. The first kappa shape index (κ1) is 16.4. The van der Waals surface area contributed by atoms with Gasteiger partial charge in [-0.25, -0.2) is 8.42 Å². The first-order chi connectivity index (χ1) is 10.8. The van der Waals surface area contributed by atoms with Gasteiger partial charge >= 0.3 is 0 Å². The van der Waals surface area contributed by atoms with E-state index in [0.29, 0.717) is 0 Å². The Morgan fingerprint density at radius 2 is 1.83 bits per heavy atom. The van der Waals surface area contributed by atoms with Crippen LogP contribution in [0.1, 0.15) is 10.4 Å². The summed E-state index contributed by atoms with van der Waals surface area (Å²) >= 11 is 0. The molecule has 2 rings (SSSR count). The van der Waals surface area contributed by atoms with Crippen LogP contribution in [0.3, 0.4) is 0 Å². The van der Waals surface area contributed by atoms with Crippen LogP contribution in [0.5, 0.6) is 0 Å². The zero-order valence-electron chi connectivity index (χ0n) is 12.0. The third kappa shape index (κ3) is 3.64. The number of nitro benzene ring substituents is 1. The lowest BCUT2D eigenvalue weighted by molar-refractivity contribution is -0.387. The molecular formula is C14H13N3O5S. The molecule has 0 aliphatic heterocycles. The van der Waals surface area contributed by atoms with Crippen LogP contribution in [-0.2, 0) is 10.0 Å². The Balaban J connectivity index is 2.40. The predicted octanol–water partition coefficient (Wildman–Crippen LogP) is 1.76. The normalized spacial score (nSPS) is 10.8. The van der Waals surface area contributed by atoms with Gasteiger partial charge in [-0.3, -0.25) is 19.6 Å². The van der Waals surface area contributed by atoms with E-state index in [1.54, 1.807) is 0 Å². The largest absolute Gasteiger partial charge is 0.355 e.